The fourth-order valence-electron chi connectivity index (χ4n) is 2.71. The second-order valence-electron chi connectivity index (χ2n) is 5.71. The average molecular weight is 341 g/mol. The Hall–Kier alpha value is -1.44. The number of nitrogens with one attached hydrogen (secondary N) is 1. The van der Waals surface area contributed by atoms with E-state index in [4.69, 9.17) is 9.29 Å². The van der Waals surface area contributed by atoms with E-state index < -0.39 is 10.1 Å². The van der Waals surface area contributed by atoms with Crippen molar-refractivity contribution in [3.05, 3.63) is 34.9 Å². The molecule has 0 radical (unpaired) electrons. The number of amides is 1. The van der Waals surface area contributed by atoms with Crippen LogP contribution in [0.3, 0.4) is 0 Å². The fourth-order valence-corrected chi connectivity index (χ4v) is 3.24. The highest BCUT2D eigenvalue weighted by atomic mass is 32.2. The molecule has 7 heteroatoms. The van der Waals surface area contributed by atoms with Gasteiger partial charge in [0.2, 0.25) is 0 Å². The summed E-state index contributed by atoms with van der Waals surface area (Å²) in [5.41, 5.74) is 2.70. The van der Waals surface area contributed by atoms with E-state index in [1.807, 2.05) is 19.1 Å². The van der Waals surface area contributed by atoms with Gasteiger partial charge in [0.15, 0.2) is 0 Å². The maximum atomic E-state index is 12.0. The van der Waals surface area contributed by atoms with Crippen LogP contribution in [0.5, 0.6) is 0 Å². The zero-order valence-corrected chi connectivity index (χ0v) is 14.1. The van der Waals surface area contributed by atoms with Gasteiger partial charge in [-0.1, -0.05) is 13.0 Å². The fraction of sp³-hybridized carbons (Fsp3) is 0.562. The highest BCUT2D eigenvalue weighted by Crippen LogP contribution is 2.31. The van der Waals surface area contributed by atoms with Crippen molar-refractivity contribution in [3.8, 4) is 0 Å². The van der Waals surface area contributed by atoms with E-state index in [0.29, 0.717) is 31.6 Å². The van der Waals surface area contributed by atoms with Crippen LogP contribution in [0, 0.1) is 0 Å². The first-order chi connectivity index (χ1) is 10.9. The highest BCUT2D eigenvalue weighted by molar-refractivity contribution is 7.85. The second kappa shape index (κ2) is 7.90. The second-order valence-corrected chi connectivity index (χ2v) is 7.28. The molecule has 2 rings (SSSR count). The lowest BCUT2D eigenvalue weighted by atomic mass is 9.93. The number of carbonyl (C=O) groups excluding carboxylic acids is 1. The van der Waals surface area contributed by atoms with Crippen LogP contribution in [0.15, 0.2) is 18.2 Å². The van der Waals surface area contributed by atoms with E-state index in [9.17, 15) is 13.2 Å². The van der Waals surface area contributed by atoms with E-state index in [0.717, 1.165) is 24.0 Å². The predicted octanol–water partition coefficient (Wildman–Crippen LogP) is 2.11. The Morgan fingerprint density at radius 3 is 2.91 bits per heavy atom. The summed E-state index contributed by atoms with van der Waals surface area (Å²) in [7, 11) is -3.94. The molecule has 0 fully saturated rings. The number of rotatable bonds is 7. The van der Waals surface area contributed by atoms with Gasteiger partial charge in [-0.05, 0) is 48.9 Å². The summed E-state index contributed by atoms with van der Waals surface area (Å²) in [6, 6.07) is 5.54. The summed E-state index contributed by atoms with van der Waals surface area (Å²) in [4.78, 5) is 12.0. The van der Waals surface area contributed by atoms with Crippen LogP contribution in [-0.2, 0) is 21.3 Å². The molecular formula is C16H23NO5S. The van der Waals surface area contributed by atoms with E-state index in [2.05, 4.69) is 5.32 Å². The molecule has 2 N–H and O–H groups in total. The minimum atomic E-state index is -3.94. The molecule has 0 bridgehead atoms. The van der Waals surface area contributed by atoms with Crippen molar-refractivity contribution in [2.45, 2.75) is 38.7 Å². The third-order valence-corrected chi connectivity index (χ3v) is 4.65. The topological polar surface area (TPSA) is 92.7 Å². The molecule has 1 unspecified atom stereocenters. The van der Waals surface area contributed by atoms with Gasteiger partial charge in [0.1, 0.15) is 0 Å². The van der Waals surface area contributed by atoms with E-state index >= 15 is 0 Å². The lowest BCUT2D eigenvalue weighted by molar-refractivity contribution is 0.0361. The SMILES string of the molecule is CCCNC(=O)c1ccc2c(c1)CCOC2CCCS(=O)(=O)O. The molecule has 0 saturated carbocycles. The molecule has 0 spiro atoms. The Morgan fingerprint density at radius 1 is 1.43 bits per heavy atom. The number of ether oxygens (including phenoxy) is 1. The summed E-state index contributed by atoms with van der Waals surface area (Å²) in [6.07, 6.45) is 2.29. The molecule has 6 nitrogen and oxygen atoms in total. The molecule has 0 aliphatic carbocycles. The Morgan fingerprint density at radius 2 is 2.22 bits per heavy atom. The predicted molar refractivity (Wildman–Crippen MR) is 87.1 cm³/mol. The van der Waals surface area contributed by atoms with Crippen molar-refractivity contribution in [1.29, 1.82) is 0 Å². The van der Waals surface area contributed by atoms with Gasteiger partial charge in [-0.25, -0.2) is 0 Å². The van der Waals surface area contributed by atoms with Crippen LogP contribution in [-0.4, -0.2) is 37.8 Å². The van der Waals surface area contributed by atoms with Crippen LogP contribution < -0.4 is 5.32 Å². The van der Waals surface area contributed by atoms with Crippen LogP contribution in [0.2, 0.25) is 0 Å². The third kappa shape index (κ3) is 5.30. The summed E-state index contributed by atoms with van der Waals surface area (Å²) in [5, 5.41) is 2.85. The monoisotopic (exact) mass is 341 g/mol. The molecule has 1 aliphatic rings. The van der Waals surface area contributed by atoms with Crippen molar-refractivity contribution in [1.82, 2.24) is 5.32 Å². The number of hydrogen-bond acceptors (Lipinski definition) is 4. The molecule has 0 saturated heterocycles. The summed E-state index contributed by atoms with van der Waals surface area (Å²) < 4.78 is 36.1. The van der Waals surface area contributed by atoms with Gasteiger partial charge < -0.3 is 10.1 Å². The van der Waals surface area contributed by atoms with Crippen LogP contribution in [0.1, 0.15) is 53.8 Å². The van der Waals surface area contributed by atoms with Crippen molar-refractivity contribution < 1.29 is 22.5 Å². The maximum Gasteiger partial charge on any atom is 0.264 e. The van der Waals surface area contributed by atoms with Gasteiger partial charge in [-0.15, -0.1) is 0 Å². The lowest BCUT2D eigenvalue weighted by Gasteiger charge is -2.26. The standard InChI is InChI=1S/C16H23NO5S/c1-2-8-17-16(18)13-5-6-14-12(11-13)7-9-22-15(14)4-3-10-23(19,20)21/h5-6,11,15H,2-4,7-10H2,1H3,(H,17,18)(H,19,20,21). The zero-order chi connectivity index (χ0) is 16.9. The van der Waals surface area contributed by atoms with Gasteiger partial charge in [0, 0.05) is 12.1 Å². The van der Waals surface area contributed by atoms with E-state index in [-0.39, 0.29) is 17.8 Å². The van der Waals surface area contributed by atoms with Gasteiger partial charge in [-0.3, -0.25) is 9.35 Å². The van der Waals surface area contributed by atoms with Crippen molar-refractivity contribution in [2.24, 2.45) is 0 Å². The number of fused-ring (bicyclic) bond motifs is 1. The van der Waals surface area contributed by atoms with Gasteiger partial charge in [-0.2, -0.15) is 8.42 Å². The zero-order valence-electron chi connectivity index (χ0n) is 13.2. The van der Waals surface area contributed by atoms with Crippen LogP contribution >= 0.6 is 0 Å². The smallest absolute Gasteiger partial charge is 0.264 e. The molecule has 1 aromatic rings. The van der Waals surface area contributed by atoms with Crippen LogP contribution in [0.25, 0.3) is 0 Å². The van der Waals surface area contributed by atoms with Gasteiger partial charge >= 0.3 is 0 Å². The Bertz CT molecular complexity index is 656. The van der Waals surface area contributed by atoms with Crippen LogP contribution in [0.4, 0.5) is 0 Å². The summed E-state index contributed by atoms with van der Waals surface area (Å²) in [5.74, 6) is -0.344. The maximum absolute atomic E-state index is 12.0. The largest absolute Gasteiger partial charge is 0.373 e. The molecule has 1 aromatic carbocycles. The van der Waals surface area contributed by atoms with Crippen molar-refractivity contribution >= 4 is 16.0 Å². The Kier molecular flexibility index (Phi) is 6.15. The van der Waals surface area contributed by atoms with E-state index in [1.54, 1.807) is 6.07 Å². The first kappa shape index (κ1) is 17.9. The molecular weight excluding hydrogens is 318 g/mol. The number of hydrogen-bond donors (Lipinski definition) is 2. The minimum Gasteiger partial charge on any atom is -0.373 e. The first-order valence-corrected chi connectivity index (χ1v) is 9.49. The van der Waals surface area contributed by atoms with Crippen molar-refractivity contribution in [2.75, 3.05) is 18.9 Å². The normalized spacial score (nSPS) is 17.6. The summed E-state index contributed by atoms with van der Waals surface area (Å²) >= 11 is 0. The summed E-state index contributed by atoms with van der Waals surface area (Å²) in [6.45, 7) is 3.20. The van der Waals surface area contributed by atoms with Crippen molar-refractivity contribution in [3.63, 3.8) is 0 Å². The first-order valence-electron chi connectivity index (χ1n) is 7.88. The molecule has 23 heavy (non-hydrogen) atoms. The number of carbonyl (C=O) groups is 1. The quantitative estimate of drug-likeness (QED) is 0.741. The Labute approximate surface area is 137 Å². The average Bonchev–Trinajstić information content (AvgIpc) is 2.51. The van der Waals surface area contributed by atoms with Gasteiger partial charge in [0.05, 0.1) is 18.5 Å². The van der Waals surface area contributed by atoms with E-state index in [1.165, 1.54) is 0 Å². The van der Waals surface area contributed by atoms with Gasteiger partial charge in [0.25, 0.3) is 16.0 Å². The molecule has 1 amide bonds. The minimum absolute atomic E-state index is 0.0796. The molecule has 1 aliphatic heterocycles. The molecule has 0 aromatic heterocycles. The molecule has 1 atom stereocenters. The lowest BCUT2D eigenvalue weighted by Crippen LogP contribution is -2.25. The number of benzene rings is 1. The molecule has 128 valence electrons. The highest BCUT2D eigenvalue weighted by Gasteiger charge is 2.22. The third-order valence-electron chi connectivity index (χ3n) is 3.85. The Balaban J connectivity index is 2.06. The molecule has 1 heterocycles.